The van der Waals surface area contributed by atoms with Crippen LogP contribution in [0, 0.1) is 20.8 Å². The molecule has 0 saturated carbocycles. The fourth-order valence-corrected chi connectivity index (χ4v) is 4.00. The number of anilines is 1. The van der Waals surface area contributed by atoms with E-state index in [1.807, 2.05) is 88.4 Å². The van der Waals surface area contributed by atoms with Crippen molar-refractivity contribution in [1.82, 2.24) is 14.5 Å². The topological polar surface area (TPSA) is 67.2 Å². The average molecular weight is 441 g/mol. The van der Waals surface area contributed by atoms with Crippen LogP contribution in [0.1, 0.15) is 35.5 Å². The van der Waals surface area contributed by atoms with Crippen molar-refractivity contribution >= 4 is 22.6 Å². The van der Waals surface area contributed by atoms with Gasteiger partial charge in [-0.05, 0) is 69.2 Å². The number of nitrogens with zero attached hydrogens (tertiary/aromatic N) is 3. The summed E-state index contributed by atoms with van der Waals surface area (Å²) < 4.78 is 1.64. The van der Waals surface area contributed by atoms with Crippen molar-refractivity contribution in [3.8, 4) is 5.69 Å². The molecule has 6 heteroatoms. The minimum atomic E-state index is -0.465. The van der Waals surface area contributed by atoms with Crippen molar-refractivity contribution in [1.29, 1.82) is 0 Å². The van der Waals surface area contributed by atoms with Gasteiger partial charge in [0, 0.05) is 12.7 Å². The summed E-state index contributed by atoms with van der Waals surface area (Å²) in [6, 6.07) is 20.2. The first-order valence-electron chi connectivity index (χ1n) is 11.0. The van der Waals surface area contributed by atoms with Crippen LogP contribution in [-0.2, 0) is 0 Å². The number of para-hydroxylation sites is 1. The third kappa shape index (κ3) is 4.37. The number of rotatable bonds is 4. The molecular weight excluding hydrogens is 412 g/mol. The molecule has 4 aromatic rings. The SMILES string of the molecule is Cc1cccc(NC(=O)N(C)C(C)c2nc3ccccc3c(=O)n2-c2ccc(C)cc2C)c1. The quantitative estimate of drug-likeness (QED) is 0.453. The molecule has 0 spiro atoms. The molecule has 1 atom stereocenters. The maximum absolute atomic E-state index is 13.6. The summed E-state index contributed by atoms with van der Waals surface area (Å²) in [4.78, 5) is 33.1. The van der Waals surface area contributed by atoms with Crippen LogP contribution in [-0.4, -0.2) is 27.5 Å². The first-order chi connectivity index (χ1) is 15.8. The van der Waals surface area contributed by atoms with Crippen molar-refractivity contribution < 1.29 is 4.79 Å². The summed E-state index contributed by atoms with van der Waals surface area (Å²) in [6.07, 6.45) is 0. The summed E-state index contributed by atoms with van der Waals surface area (Å²) >= 11 is 0. The summed E-state index contributed by atoms with van der Waals surface area (Å²) in [7, 11) is 1.71. The molecule has 1 N–H and O–H groups in total. The Hall–Kier alpha value is -3.93. The van der Waals surface area contributed by atoms with E-state index in [9.17, 15) is 9.59 Å². The summed E-state index contributed by atoms with van der Waals surface area (Å²) in [5.41, 5.74) is 5.08. The molecule has 33 heavy (non-hydrogen) atoms. The zero-order valence-corrected chi connectivity index (χ0v) is 19.6. The van der Waals surface area contributed by atoms with Gasteiger partial charge in [0.2, 0.25) is 0 Å². The van der Waals surface area contributed by atoms with Crippen LogP contribution in [0.4, 0.5) is 10.5 Å². The Bertz CT molecular complexity index is 1410. The first kappa shape index (κ1) is 22.3. The molecule has 0 bridgehead atoms. The van der Waals surface area contributed by atoms with E-state index in [1.165, 1.54) is 0 Å². The largest absolute Gasteiger partial charge is 0.322 e. The molecule has 0 aliphatic heterocycles. The van der Waals surface area contributed by atoms with Crippen molar-refractivity contribution in [2.45, 2.75) is 33.7 Å². The van der Waals surface area contributed by atoms with E-state index in [0.29, 0.717) is 16.7 Å². The monoisotopic (exact) mass is 440 g/mol. The van der Waals surface area contributed by atoms with Crippen LogP contribution in [0.3, 0.4) is 0 Å². The molecule has 168 valence electrons. The minimum absolute atomic E-state index is 0.151. The molecule has 0 fully saturated rings. The van der Waals surface area contributed by atoms with Crippen LogP contribution in [0.15, 0.2) is 71.5 Å². The van der Waals surface area contributed by atoms with E-state index >= 15 is 0 Å². The fraction of sp³-hybridized carbons (Fsp3) is 0.222. The van der Waals surface area contributed by atoms with E-state index < -0.39 is 6.04 Å². The highest BCUT2D eigenvalue weighted by molar-refractivity contribution is 5.89. The van der Waals surface area contributed by atoms with Gasteiger partial charge in [-0.3, -0.25) is 9.36 Å². The highest BCUT2D eigenvalue weighted by Gasteiger charge is 2.25. The Balaban J connectivity index is 1.81. The van der Waals surface area contributed by atoms with Gasteiger partial charge in [-0.2, -0.15) is 0 Å². The number of nitrogens with one attached hydrogen (secondary N) is 1. The van der Waals surface area contributed by atoms with Gasteiger partial charge in [-0.15, -0.1) is 0 Å². The lowest BCUT2D eigenvalue weighted by molar-refractivity contribution is 0.205. The summed E-state index contributed by atoms with van der Waals surface area (Å²) in [5, 5.41) is 3.48. The molecule has 0 saturated heterocycles. The van der Waals surface area contributed by atoms with Gasteiger partial charge in [0.25, 0.3) is 5.56 Å². The van der Waals surface area contributed by atoms with Gasteiger partial charge >= 0.3 is 6.03 Å². The van der Waals surface area contributed by atoms with E-state index in [0.717, 1.165) is 28.1 Å². The average Bonchev–Trinajstić information content (AvgIpc) is 2.79. The molecule has 0 aliphatic rings. The number of amides is 2. The number of benzene rings is 3. The van der Waals surface area contributed by atoms with Gasteiger partial charge in [0.05, 0.1) is 22.6 Å². The number of fused-ring (bicyclic) bond motifs is 1. The van der Waals surface area contributed by atoms with Crippen LogP contribution < -0.4 is 10.9 Å². The smallest absolute Gasteiger partial charge is 0.318 e. The highest BCUT2D eigenvalue weighted by Crippen LogP contribution is 2.24. The zero-order valence-electron chi connectivity index (χ0n) is 19.6. The first-order valence-corrected chi connectivity index (χ1v) is 11.0. The molecule has 3 aromatic carbocycles. The van der Waals surface area contributed by atoms with Crippen LogP contribution in [0.25, 0.3) is 16.6 Å². The second-order valence-electron chi connectivity index (χ2n) is 8.50. The number of aromatic nitrogens is 2. The number of aryl methyl sites for hydroxylation is 3. The third-order valence-electron chi connectivity index (χ3n) is 5.94. The predicted molar refractivity (Wildman–Crippen MR) is 133 cm³/mol. The van der Waals surface area contributed by atoms with Gasteiger partial charge in [0.15, 0.2) is 0 Å². The molecule has 2 amide bonds. The van der Waals surface area contributed by atoms with E-state index in [-0.39, 0.29) is 11.6 Å². The van der Waals surface area contributed by atoms with Crippen molar-refractivity contribution in [3.63, 3.8) is 0 Å². The lowest BCUT2D eigenvalue weighted by Crippen LogP contribution is -2.37. The number of hydrogen-bond acceptors (Lipinski definition) is 3. The molecule has 4 rings (SSSR count). The van der Waals surface area contributed by atoms with Gasteiger partial charge < -0.3 is 10.2 Å². The predicted octanol–water partition coefficient (Wildman–Crippen LogP) is 5.54. The molecule has 6 nitrogen and oxygen atoms in total. The number of carbonyl (C=O) groups excluding carboxylic acids is 1. The van der Waals surface area contributed by atoms with E-state index in [1.54, 1.807) is 22.6 Å². The standard InChI is InChI=1S/C27H28N4O2/c1-17-9-8-10-21(16-17)28-27(33)30(5)20(4)25-29-23-12-7-6-11-22(23)26(32)31(25)24-14-13-18(2)15-19(24)3/h6-16,20H,1-5H3,(H,28,33). The van der Waals surface area contributed by atoms with Crippen molar-refractivity contribution in [2.75, 3.05) is 12.4 Å². The van der Waals surface area contributed by atoms with Crippen molar-refractivity contribution in [2.24, 2.45) is 0 Å². The molecule has 1 aromatic heterocycles. The number of carbonyl (C=O) groups is 1. The zero-order chi connectivity index (χ0) is 23.7. The third-order valence-corrected chi connectivity index (χ3v) is 5.94. The lowest BCUT2D eigenvalue weighted by atomic mass is 10.1. The van der Waals surface area contributed by atoms with Gasteiger partial charge in [-0.1, -0.05) is 42.0 Å². The van der Waals surface area contributed by atoms with Crippen LogP contribution in [0.2, 0.25) is 0 Å². The van der Waals surface area contributed by atoms with Crippen molar-refractivity contribution in [3.05, 3.63) is 99.6 Å². The van der Waals surface area contributed by atoms with Gasteiger partial charge in [0.1, 0.15) is 5.82 Å². The Labute approximate surface area is 193 Å². The van der Waals surface area contributed by atoms with Crippen LogP contribution >= 0.6 is 0 Å². The normalized spacial score (nSPS) is 11.9. The van der Waals surface area contributed by atoms with Crippen LogP contribution in [0.5, 0.6) is 0 Å². The highest BCUT2D eigenvalue weighted by atomic mass is 16.2. The molecule has 0 radical (unpaired) electrons. The Morgan fingerprint density at radius 3 is 2.42 bits per heavy atom. The molecular formula is C27H28N4O2. The molecule has 0 aliphatic carbocycles. The minimum Gasteiger partial charge on any atom is -0.318 e. The summed E-state index contributed by atoms with van der Waals surface area (Å²) in [6.45, 7) is 7.85. The maximum Gasteiger partial charge on any atom is 0.322 e. The van der Waals surface area contributed by atoms with Gasteiger partial charge in [-0.25, -0.2) is 9.78 Å². The second-order valence-corrected chi connectivity index (χ2v) is 8.50. The lowest BCUT2D eigenvalue weighted by Gasteiger charge is -2.27. The second kappa shape index (κ2) is 8.90. The Morgan fingerprint density at radius 1 is 0.970 bits per heavy atom. The fourth-order valence-electron chi connectivity index (χ4n) is 4.00. The number of urea groups is 1. The number of hydrogen-bond donors (Lipinski definition) is 1. The maximum atomic E-state index is 13.6. The van der Waals surface area contributed by atoms with E-state index in [2.05, 4.69) is 5.32 Å². The molecule has 1 unspecified atom stereocenters. The molecule has 1 heterocycles. The van der Waals surface area contributed by atoms with E-state index in [4.69, 9.17) is 4.98 Å². The Kier molecular flexibility index (Phi) is 6.01. The summed E-state index contributed by atoms with van der Waals surface area (Å²) in [5.74, 6) is 0.507. The Morgan fingerprint density at radius 2 is 1.70 bits per heavy atom.